The van der Waals surface area contributed by atoms with Crippen LogP contribution in [-0.4, -0.2) is 73.0 Å². The summed E-state index contributed by atoms with van der Waals surface area (Å²) in [5.74, 6) is -4.56. The second-order valence-corrected chi connectivity index (χ2v) is 11.5. The summed E-state index contributed by atoms with van der Waals surface area (Å²) in [7, 11) is 2.19. The summed E-state index contributed by atoms with van der Waals surface area (Å²) in [5.41, 5.74) is 2.83. The van der Waals surface area contributed by atoms with Gasteiger partial charge in [-0.2, -0.15) is 26.3 Å². The van der Waals surface area contributed by atoms with Crippen molar-refractivity contribution < 1.29 is 66.0 Å². The highest BCUT2D eigenvalue weighted by Gasteiger charge is 2.32. The van der Waals surface area contributed by atoms with E-state index in [-0.39, 0.29) is 17.9 Å². The van der Waals surface area contributed by atoms with E-state index in [0.717, 1.165) is 79.7 Å². The van der Waals surface area contributed by atoms with E-state index in [9.17, 15) is 35.9 Å². The molecule has 17 heteroatoms. The molecule has 270 valence electrons. The summed E-state index contributed by atoms with van der Waals surface area (Å²) in [5, 5.41) is 24.1. The number of nitrogens with zero attached hydrogens (tertiary/aromatic N) is 2. The van der Waals surface area contributed by atoms with Gasteiger partial charge in [-0.05, 0) is 25.0 Å². The van der Waals surface area contributed by atoms with E-state index in [1.54, 1.807) is 0 Å². The third-order valence-electron chi connectivity index (χ3n) is 7.74. The smallest absolute Gasteiger partial charge is 0.430 e. The summed E-state index contributed by atoms with van der Waals surface area (Å²) in [4.78, 5) is 53.3. The van der Waals surface area contributed by atoms with Gasteiger partial charge >= 0.3 is 12.4 Å². The Balaban J connectivity index is 0.000000500. The van der Waals surface area contributed by atoms with Gasteiger partial charge in [0, 0.05) is 37.0 Å². The zero-order chi connectivity index (χ0) is 36.8. The number of hydrogen-bond acceptors (Lipinski definition) is 8. The van der Waals surface area contributed by atoms with Crippen molar-refractivity contribution in [2.75, 3.05) is 20.1 Å². The third kappa shape index (κ3) is 14.3. The number of aliphatic carboxylic acids is 2. The minimum Gasteiger partial charge on any atom is -0.542 e. The Bertz CT molecular complexity index is 1480. The number of Topliss-reactive ketones (excluding diaryl/α,β-unsaturated/α-hetero) is 1. The Labute approximate surface area is 278 Å². The molecule has 0 radical (unpaired) electrons. The van der Waals surface area contributed by atoms with Crippen LogP contribution < -0.4 is 25.7 Å². The number of unbranched alkanes of at least 4 members (excludes halogenated alkanes) is 2. The highest BCUT2D eigenvalue weighted by Crippen LogP contribution is 2.18. The number of carboxylic acid groups (broad SMARTS) is 2. The monoisotopic (exact) mass is 703 g/mol. The minimum absolute atomic E-state index is 0.0833. The molecular formula is C32H39F6N5O6. The lowest BCUT2D eigenvalue weighted by Crippen LogP contribution is -3.10. The highest BCUT2D eigenvalue weighted by molar-refractivity contribution is 5.91. The van der Waals surface area contributed by atoms with Gasteiger partial charge in [0.15, 0.2) is 5.70 Å². The number of fused-ring (bicyclic) bond motifs is 1. The van der Waals surface area contributed by atoms with Crippen LogP contribution in [0.4, 0.5) is 26.3 Å². The van der Waals surface area contributed by atoms with Crippen molar-refractivity contribution >= 4 is 46.1 Å². The summed E-state index contributed by atoms with van der Waals surface area (Å²) < 4.78 is 63.1. The molecule has 49 heavy (non-hydrogen) atoms. The lowest BCUT2D eigenvalue weighted by Gasteiger charge is -2.27. The van der Waals surface area contributed by atoms with Crippen LogP contribution in [0.25, 0.3) is 16.6 Å². The number of alkyl halides is 6. The van der Waals surface area contributed by atoms with E-state index < -0.39 is 24.3 Å². The molecule has 1 aromatic heterocycles. The number of amides is 1. The molecule has 2 aliphatic rings. The normalized spacial score (nSPS) is 18.1. The van der Waals surface area contributed by atoms with E-state index in [1.165, 1.54) is 4.90 Å². The number of benzene rings is 1. The topological polar surface area (TPSA) is 173 Å². The number of carbonyl (C=O) groups is 4. The number of rotatable bonds is 11. The maximum absolute atomic E-state index is 13.1. The predicted octanol–water partition coefficient (Wildman–Crippen LogP) is 0.445. The number of likely N-dealkylation sites (tertiary alicyclic amines) is 1. The van der Waals surface area contributed by atoms with Gasteiger partial charge < -0.3 is 30.0 Å². The number of nitrogens with one attached hydrogen (secondary N) is 2. The summed E-state index contributed by atoms with van der Waals surface area (Å²) in [6.45, 7) is 4.00. The predicted molar refractivity (Wildman–Crippen MR) is 161 cm³/mol. The number of para-hydroxylation sites is 1. The fraction of sp³-hybridized carbons (Fsp3) is 0.500. The average Bonchev–Trinajstić information content (AvgIpc) is 3.54. The van der Waals surface area contributed by atoms with Crippen molar-refractivity contribution in [3.05, 3.63) is 48.3 Å². The number of carbonyl (C=O) groups excluding carboxylic acids is 4. The first-order valence-electron chi connectivity index (χ1n) is 15.6. The van der Waals surface area contributed by atoms with Crippen molar-refractivity contribution in [3.8, 4) is 0 Å². The number of amidine groups is 1. The zero-order valence-electron chi connectivity index (χ0n) is 27.0. The standard InChI is InChI=1S/C28H37N5O2.2C2HF3O2/c1-3-22(34)10-5-4-6-12-25(32-28(35)21-15-17-33(2)18-16-21)27-29-19-26(31-27)24-14-13-20-9-7-8-11-23(20)30-24;2*3-2(4,5)1(6)7/h7-9,11,13-14,19,21,25H,3-6,10,12,15-18H2,1-2H3,(H,29,31)(H,32,35);2*(H,6,7)/t25-;;/m0../s1. The molecule has 0 unspecified atom stereocenters. The Morgan fingerprint density at radius 3 is 2.10 bits per heavy atom. The molecule has 11 nitrogen and oxygen atoms in total. The molecule has 2 aromatic rings. The van der Waals surface area contributed by atoms with E-state index in [0.29, 0.717) is 18.6 Å². The molecule has 4 N–H and O–H groups in total. The van der Waals surface area contributed by atoms with E-state index in [2.05, 4.69) is 29.8 Å². The third-order valence-corrected chi connectivity index (χ3v) is 7.74. The van der Waals surface area contributed by atoms with Crippen molar-refractivity contribution in [2.24, 2.45) is 10.9 Å². The van der Waals surface area contributed by atoms with E-state index in [4.69, 9.17) is 29.8 Å². The maximum Gasteiger partial charge on any atom is 0.430 e. The summed E-state index contributed by atoms with van der Waals surface area (Å²) in [6.07, 6.45) is -1.72. The number of carboxylic acids is 2. The van der Waals surface area contributed by atoms with Crippen LogP contribution in [0.1, 0.15) is 64.0 Å². The van der Waals surface area contributed by atoms with Gasteiger partial charge in [-0.25, -0.2) is 9.98 Å². The van der Waals surface area contributed by atoms with Crippen LogP contribution in [0, 0.1) is 5.92 Å². The quantitative estimate of drug-likeness (QED) is 0.225. The lowest BCUT2D eigenvalue weighted by molar-refractivity contribution is -0.885. The van der Waals surface area contributed by atoms with Crippen LogP contribution >= 0.6 is 0 Å². The number of nitrogens with two attached hydrogens (primary N) is 1. The second kappa shape index (κ2) is 19.0. The Kier molecular flexibility index (Phi) is 15.8. The molecule has 2 aliphatic heterocycles. The van der Waals surface area contributed by atoms with Crippen molar-refractivity contribution in [2.45, 2.75) is 76.7 Å². The Hall–Kier alpha value is -4.38. The maximum atomic E-state index is 13.1. The number of aliphatic imine (C=N–C) groups is 1. The van der Waals surface area contributed by atoms with Gasteiger partial charge in [0.1, 0.15) is 29.5 Å². The number of ketones is 1. The van der Waals surface area contributed by atoms with Crippen molar-refractivity contribution in [1.29, 1.82) is 0 Å². The van der Waals surface area contributed by atoms with Crippen LogP contribution in [0.2, 0.25) is 0 Å². The molecule has 1 saturated heterocycles. The van der Waals surface area contributed by atoms with Crippen molar-refractivity contribution in [3.63, 3.8) is 0 Å². The fourth-order valence-electron chi connectivity index (χ4n) is 4.92. The van der Waals surface area contributed by atoms with Gasteiger partial charge in [-0.3, -0.25) is 14.9 Å². The molecule has 1 amide bonds. The molecule has 0 spiro atoms. The zero-order valence-corrected chi connectivity index (χ0v) is 27.0. The molecule has 3 heterocycles. The van der Waals surface area contributed by atoms with E-state index in [1.807, 2.05) is 37.4 Å². The first kappa shape index (κ1) is 40.8. The van der Waals surface area contributed by atoms with Crippen molar-refractivity contribution in [1.82, 2.24) is 10.3 Å². The SMILES string of the molecule is CCC(=O)CCCCC[C@H](NC(=O)C1CC[NH+](C)CC1)C1=NC=C(c2ccc3ccccc3n2)[NH2+]1.O=C([O-])C(F)(F)F.O=C([O-])C(F)(F)F. The first-order valence-corrected chi connectivity index (χ1v) is 15.6. The molecule has 1 aromatic carbocycles. The number of halogens is 6. The molecule has 4 rings (SSSR count). The average molecular weight is 704 g/mol. The van der Waals surface area contributed by atoms with Crippen LogP contribution in [0.3, 0.4) is 0 Å². The van der Waals surface area contributed by atoms with Crippen LogP contribution in [0.15, 0.2) is 47.6 Å². The number of pyridine rings is 1. The molecule has 1 fully saturated rings. The molecule has 0 bridgehead atoms. The van der Waals surface area contributed by atoms with Gasteiger partial charge in [0.05, 0.1) is 31.9 Å². The summed E-state index contributed by atoms with van der Waals surface area (Å²) >= 11 is 0. The molecular weight excluding hydrogens is 664 g/mol. The highest BCUT2D eigenvalue weighted by atomic mass is 19.4. The fourth-order valence-corrected chi connectivity index (χ4v) is 4.92. The number of hydrogen-bond donors (Lipinski definition) is 3. The molecule has 0 saturated carbocycles. The van der Waals surface area contributed by atoms with Gasteiger partial charge in [0.2, 0.25) is 11.7 Å². The van der Waals surface area contributed by atoms with Crippen LogP contribution in [0.5, 0.6) is 0 Å². The van der Waals surface area contributed by atoms with Crippen LogP contribution in [-0.2, 0) is 19.2 Å². The van der Waals surface area contributed by atoms with Gasteiger partial charge in [-0.1, -0.05) is 44.0 Å². The van der Waals surface area contributed by atoms with E-state index >= 15 is 0 Å². The molecule has 1 atom stereocenters. The van der Waals surface area contributed by atoms with Gasteiger partial charge in [-0.15, -0.1) is 0 Å². The number of aromatic nitrogens is 1. The molecule has 0 aliphatic carbocycles. The lowest BCUT2D eigenvalue weighted by atomic mass is 9.95. The minimum atomic E-state index is -5.19. The summed E-state index contributed by atoms with van der Waals surface area (Å²) in [6, 6.07) is 12.1. The number of piperidine rings is 1. The Morgan fingerprint density at radius 2 is 1.53 bits per heavy atom. The largest absolute Gasteiger partial charge is 0.542 e. The first-order chi connectivity index (χ1) is 22.9. The Morgan fingerprint density at radius 1 is 0.939 bits per heavy atom. The second-order valence-electron chi connectivity index (χ2n) is 11.5. The number of quaternary nitrogens is 2. The van der Waals surface area contributed by atoms with Gasteiger partial charge in [0.25, 0.3) is 0 Å².